The van der Waals surface area contributed by atoms with E-state index < -0.39 is 17.9 Å². The molecule has 7 heteroatoms. The van der Waals surface area contributed by atoms with E-state index in [2.05, 4.69) is 10.4 Å². The molecule has 25 heavy (non-hydrogen) atoms. The van der Waals surface area contributed by atoms with Gasteiger partial charge in [0.25, 0.3) is 0 Å². The van der Waals surface area contributed by atoms with E-state index in [0.717, 1.165) is 29.8 Å². The van der Waals surface area contributed by atoms with Gasteiger partial charge in [0.15, 0.2) is 0 Å². The largest absolute Gasteiger partial charge is 0.382 e. The summed E-state index contributed by atoms with van der Waals surface area (Å²) < 4.78 is 6.84. The first-order valence-electron chi connectivity index (χ1n) is 8.29. The first-order valence-corrected chi connectivity index (χ1v) is 8.29. The van der Waals surface area contributed by atoms with Crippen molar-refractivity contribution in [3.8, 4) is 0 Å². The van der Waals surface area contributed by atoms with Gasteiger partial charge >= 0.3 is 11.8 Å². The van der Waals surface area contributed by atoms with Crippen LogP contribution in [0.1, 0.15) is 23.7 Å². The van der Waals surface area contributed by atoms with Gasteiger partial charge in [-0.1, -0.05) is 18.2 Å². The number of amides is 2. The zero-order valence-electron chi connectivity index (χ0n) is 14.4. The quantitative estimate of drug-likeness (QED) is 0.847. The van der Waals surface area contributed by atoms with Gasteiger partial charge < -0.3 is 15.0 Å². The minimum atomic E-state index is -0.639. The summed E-state index contributed by atoms with van der Waals surface area (Å²) >= 11 is 0. The predicted molar refractivity (Wildman–Crippen MR) is 93.1 cm³/mol. The number of carbonyl (C=O) groups is 2. The van der Waals surface area contributed by atoms with Crippen LogP contribution >= 0.6 is 0 Å². The maximum absolute atomic E-state index is 12.7. The number of hydrogen-bond acceptors (Lipinski definition) is 4. The average molecular weight is 342 g/mol. The standard InChI is InChI=1S/C18H22N4O3/c1-21-16(9-10-19-21)14(12-25-2)20-17(23)18(24)22-11-5-7-13-6-3-4-8-15(13)22/h3-4,6,8-10,14H,5,7,11-12H2,1-2H3,(H,20,23)/t14-/m1/s1. The average Bonchev–Trinajstić information content (AvgIpc) is 3.06. The van der Waals surface area contributed by atoms with Gasteiger partial charge in [-0.05, 0) is 30.5 Å². The molecule has 0 fully saturated rings. The fraction of sp³-hybridized carbons (Fsp3) is 0.389. The zero-order valence-corrected chi connectivity index (χ0v) is 14.4. The van der Waals surface area contributed by atoms with Gasteiger partial charge in [-0.2, -0.15) is 5.10 Å². The van der Waals surface area contributed by atoms with Crippen molar-refractivity contribution in [2.75, 3.05) is 25.2 Å². The minimum Gasteiger partial charge on any atom is -0.382 e. The van der Waals surface area contributed by atoms with E-state index >= 15 is 0 Å². The summed E-state index contributed by atoms with van der Waals surface area (Å²) in [6, 6.07) is 9.07. The fourth-order valence-corrected chi connectivity index (χ4v) is 3.18. The first kappa shape index (κ1) is 17.2. The van der Waals surface area contributed by atoms with Crippen molar-refractivity contribution in [3.05, 3.63) is 47.8 Å². The Morgan fingerprint density at radius 1 is 1.32 bits per heavy atom. The normalized spacial score (nSPS) is 14.7. The first-order chi connectivity index (χ1) is 12.1. The molecular formula is C18H22N4O3. The molecule has 0 saturated heterocycles. The Labute approximate surface area is 146 Å². The van der Waals surface area contributed by atoms with Crippen molar-refractivity contribution >= 4 is 17.5 Å². The van der Waals surface area contributed by atoms with Crippen LogP contribution in [0.4, 0.5) is 5.69 Å². The minimum absolute atomic E-state index is 0.259. The molecule has 0 spiro atoms. The van der Waals surface area contributed by atoms with Crippen molar-refractivity contribution in [1.29, 1.82) is 0 Å². The lowest BCUT2D eigenvalue weighted by atomic mass is 10.0. The molecule has 0 saturated carbocycles. The third-order valence-electron chi connectivity index (χ3n) is 4.40. The summed E-state index contributed by atoms with van der Waals surface area (Å²) in [6.45, 7) is 0.805. The van der Waals surface area contributed by atoms with E-state index in [0.29, 0.717) is 6.54 Å². The monoisotopic (exact) mass is 342 g/mol. The number of aromatic nitrogens is 2. The van der Waals surface area contributed by atoms with Crippen LogP contribution in [0.2, 0.25) is 0 Å². The van der Waals surface area contributed by atoms with E-state index in [1.165, 1.54) is 0 Å². The maximum atomic E-state index is 12.7. The van der Waals surface area contributed by atoms with E-state index in [1.54, 1.807) is 36.0 Å². The van der Waals surface area contributed by atoms with Gasteiger partial charge in [-0.15, -0.1) is 0 Å². The Bertz CT molecular complexity index is 771. The highest BCUT2D eigenvalue weighted by Crippen LogP contribution is 2.26. The highest BCUT2D eigenvalue weighted by Gasteiger charge is 2.29. The van der Waals surface area contributed by atoms with Crippen LogP contribution in [0.15, 0.2) is 36.5 Å². The molecule has 2 aromatic rings. The summed E-state index contributed by atoms with van der Waals surface area (Å²) in [4.78, 5) is 26.8. The van der Waals surface area contributed by atoms with Crippen LogP contribution in [0, 0.1) is 0 Å². The number of nitrogens with zero attached hydrogens (tertiary/aromatic N) is 3. The van der Waals surface area contributed by atoms with Gasteiger partial charge in [0.2, 0.25) is 0 Å². The molecule has 0 unspecified atom stereocenters. The molecule has 0 radical (unpaired) electrons. The number of rotatable bonds is 4. The van der Waals surface area contributed by atoms with Crippen LogP contribution in [-0.2, 0) is 27.8 Å². The van der Waals surface area contributed by atoms with Gasteiger partial charge in [-0.25, -0.2) is 0 Å². The second-order valence-corrected chi connectivity index (χ2v) is 6.05. The smallest absolute Gasteiger partial charge is 0.316 e. The summed E-state index contributed by atoms with van der Waals surface area (Å²) in [7, 11) is 3.34. The molecular weight excluding hydrogens is 320 g/mol. The molecule has 132 valence electrons. The third kappa shape index (κ3) is 3.56. The number of methoxy groups -OCH3 is 1. The topological polar surface area (TPSA) is 76.5 Å². The number of para-hydroxylation sites is 1. The van der Waals surface area contributed by atoms with Gasteiger partial charge in [-0.3, -0.25) is 14.3 Å². The molecule has 1 aromatic carbocycles. The Morgan fingerprint density at radius 2 is 2.12 bits per heavy atom. The van der Waals surface area contributed by atoms with E-state index in [-0.39, 0.29) is 6.61 Å². The Hall–Kier alpha value is -2.67. The van der Waals surface area contributed by atoms with Crippen LogP contribution in [0.5, 0.6) is 0 Å². The highest BCUT2D eigenvalue weighted by atomic mass is 16.5. The lowest BCUT2D eigenvalue weighted by molar-refractivity contribution is -0.138. The fourth-order valence-electron chi connectivity index (χ4n) is 3.18. The van der Waals surface area contributed by atoms with Crippen molar-refractivity contribution in [3.63, 3.8) is 0 Å². The molecule has 1 atom stereocenters. The van der Waals surface area contributed by atoms with E-state index in [4.69, 9.17) is 4.74 Å². The number of anilines is 1. The summed E-state index contributed by atoms with van der Waals surface area (Å²) in [5, 5.41) is 6.88. The molecule has 2 amide bonds. The number of benzene rings is 1. The van der Waals surface area contributed by atoms with Crippen molar-refractivity contribution in [2.24, 2.45) is 7.05 Å². The maximum Gasteiger partial charge on any atom is 0.316 e. The molecule has 1 aliphatic heterocycles. The number of nitrogens with one attached hydrogen (secondary N) is 1. The third-order valence-corrected chi connectivity index (χ3v) is 4.40. The number of ether oxygens (including phenoxy) is 1. The van der Waals surface area contributed by atoms with Crippen LogP contribution < -0.4 is 10.2 Å². The summed E-state index contributed by atoms with van der Waals surface area (Å²) in [5.41, 5.74) is 2.69. The van der Waals surface area contributed by atoms with Crippen molar-refractivity contribution < 1.29 is 14.3 Å². The second kappa shape index (κ2) is 7.48. The predicted octanol–water partition coefficient (Wildman–Crippen LogP) is 1.20. The Balaban J connectivity index is 1.76. The number of aryl methyl sites for hydroxylation is 2. The van der Waals surface area contributed by atoms with Crippen LogP contribution in [-0.4, -0.2) is 41.9 Å². The highest BCUT2D eigenvalue weighted by molar-refractivity contribution is 6.40. The van der Waals surface area contributed by atoms with E-state index in [9.17, 15) is 9.59 Å². The number of hydrogen-bond donors (Lipinski definition) is 1. The summed E-state index contributed by atoms with van der Waals surface area (Å²) in [5.74, 6) is -1.18. The van der Waals surface area contributed by atoms with Crippen molar-refractivity contribution in [2.45, 2.75) is 18.9 Å². The molecule has 0 aliphatic carbocycles. The SMILES string of the molecule is COC[C@@H](NC(=O)C(=O)N1CCCc2ccccc21)c1ccnn1C. The Morgan fingerprint density at radius 3 is 2.84 bits per heavy atom. The molecule has 7 nitrogen and oxygen atoms in total. The molecule has 3 rings (SSSR count). The zero-order chi connectivity index (χ0) is 17.8. The Kier molecular flexibility index (Phi) is 5.14. The van der Waals surface area contributed by atoms with E-state index in [1.807, 2.05) is 24.3 Å². The van der Waals surface area contributed by atoms with Crippen LogP contribution in [0.25, 0.3) is 0 Å². The number of carbonyl (C=O) groups excluding carboxylic acids is 2. The van der Waals surface area contributed by atoms with Gasteiger partial charge in [0.1, 0.15) is 0 Å². The molecule has 1 aliphatic rings. The molecule has 1 aromatic heterocycles. The molecule has 0 bridgehead atoms. The number of fused-ring (bicyclic) bond motifs is 1. The molecule has 1 N–H and O–H groups in total. The van der Waals surface area contributed by atoms with Crippen LogP contribution in [0.3, 0.4) is 0 Å². The van der Waals surface area contributed by atoms with Crippen molar-refractivity contribution in [1.82, 2.24) is 15.1 Å². The van der Waals surface area contributed by atoms with Gasteiger partial charge in [0.05, 0.1) is 18.3 Å². The lowest BCUT2D eigenvalue weighted by Gasteiger charge is -2.29. The molecule has 2 heterocycles. The lowest BCUT2D eigenvalue weighted by Crippen LogP contribution is -2.47. The van der Waals surface area contributed by atoms with Gasteiger partial charge in [0, 0.05) is 32.6 Å². The second-order valence-electron chi connectivity index (χ2n) is 6.05. The summed E-state index contributed by atoms with van der Waals surface area (Å²) in [6.07, 6.45) is 3.41.